The summed E-state index contributed by atoms with van der Waals surface area (Å²) in [4.78, 5) is 11.7. The van der Waals surface area contributed by atoms with E-state index in [1.54, 1.807) is 7.11 Å². The van der Waals surface area contributed by atoms with Crippen LogP contribution in [0.15, 0.2) is 12.7 Å². The maximum atomic E-state index is 11.7. The summed E-state index contributed by atoms with van der Waals surface area (Å²) in [6.45, 7) is 26.1. The van der Waals surface area contributed by atoms with Gasteiger partial charge in [-0.05, 0) is 71.8 Å². The number of rotatable bonds is 17. The minimum atomic E-state index is -2.67. The van der Waals surface area contributed by atoms with Crippen molar-refractivity contribution in [2.45, 2.75) is 78.7 Å². The number of carbonyl (C=O) groups excluding carboxylic acids is 1. The first-order valence-electron chi connectivity index (χ1n) is 11.4. The van der Waals surface area contributed by atoms with Crippen molar-refractivity contribution in [3.63, 3.8) is 0 Å². The Labute approximate surface area is 200 Å². The Balaban J connectivity index is 5.47. The third-order valence-electron chi connectivity index (χ3n) is 4.58. The highest BCUT2D eigenvalue weighted by atomic mass is 28.5. The maximum Gasteiger partial charge on any atom is 0.342 e. The molecule has 190 valence electrons. The van der Waals surface area contributed by atoms with Gasteiger partial charge in [0.1, 0.15) is 0 Å². The maximum absolute atomic E-state index is 11.7. The lowest BCUT2D eigenvalue weighted by Gasteiger charge is -2.41. The number of carbonyl (C=O) groups is 1. The molecule has 11 heteroatoms. The average molecular weight is 525 g/mol. The van der Waals surface area contributed by atoms with Gasteiger partial charge in [-0.25, -0.2) is 4.79 Å². The molecule has 0 aliphatic heterocycles. The van der Waals surface area contributed by atoms with Gasteiger partial charge in [-0.2, -0.15) is 0 Å². The van der Waals surface area contributed by atoms with Crippen molar-refractivity contribution in [2.75, 3.05) is 33.2 Å². The van der Waals surface area contributed by atoms with Gasteiger partial charge in [-0.3, -0.25) is 0 Å². The van der Waals surface area contributed by atoms with Gasteiger partial charge in [0, 0.05) is 25.2 Å². The molecule has 7 nitrogen and oxygen atoms in total. The molecule has 0 rings (SSSR count). The van der Waals surface area contributed by atoms with Gasteiger partial charge in [0.05, 0.1) is 19.4 Å². The van der Waals surface area contributed by atoms with Gasteiger partial charge in [0.25, 0.3) is 0 Å². The Morgan fingerprint density at radius 3 is 1.91 bits per heavy atom. The van der Waals surface area contributed by atoms with E-state index in [1.807, 2.05) is 0 Å². The van der Waals surface area contributed by atoms with Crippen molar-refractivity contribution in [3.8, 4) is 0 Å². The van der Waals surface area contributed by atoms with Crippen LogP contribution in [0, 0.1) is 5.41 Å². The van der Waals surface area contributed by atoms with Crippen molar-refractivity contribution < 1.29 is 31.4 Å². The monoisotopic (exact) mass is 524 g/mol. The second-order valence-corrected chi connectivity index (χ2v) is 27.2. The molecule has 0 bridgehead atoms. The zero-order valence-corrected chi connectivity index (χ0v) is 26.4. The van der Waals surface area contributed by atoms with E-state index >= 15 is 0 Å². The fraction of sp³-hybridized carbons (Fsp3) is 0.857. The summed E-state index contributed by atoms with van der Waals surface area (Å²) in [6.07, 6.45) is 3.08. The molecule has 0 aliphatic carbocycles. The Morgan fingerprint density at radius 1 is 0.906 bits per heavy atom. The first-order valence-corrected chi connectivity index (χ1v) is 23.5. The highest BCUT2D eigenvalue weighted by Crippen LogP contribution is 2.30. The van der Waals surface area contributed by atoms with Crippen LogP contribution in [0.2, 0.25) is 58.9 Å². The van der Waals surface area contributed by atoms with E-state index in [0.717, 1.165) is 12.8 Å². The standard InChI is InChI=1S/C21H48O7Si4/c1-13-20(22)25-18-21(14-2,15-16-23-3)17-24-19-32(12,27-30(7,8)9)28-31(10,11)26-29(4,5)6/h13H,1,14-19H2,2-12H3. The van der Waals surface area contributed by atoms with Crippen LogP contribution in [0.25, 0.3) is 0 Å². The normalized spacial score (nSPS) is 16.8. The first kappa shape index (κ1) is 31.9. The molecule has 0 aromatic heterocycles. The third kappa shape index (κ3) is 14.2. The van der Waals surface area contributed by atoms with Crippen molar-refractivity contribution in [2.24, 2.45) is 5.41 Å². The summed E-state index contributed by atoms with van der Waals surface area (Å²) in [5, 5.41) is 0. The number of esters is 1. The second-order valence-electron chi connectivity index (χ2n) is 11.0. The Kier molecular flexibility index (Phi) is 13.0. The topological polar surface area (TPSA) is 72.5 Å². The molecule has 2 atom stereocenters. The van der Waals surface area contributed by atoms with E-state index in [1.165, 1.54) is 6.08 Å². The first-order chi connectivity index (χ1) is 14.4. The molecule has 0 fully saturated rings. The predicted molar refractivity (Wildman–Crippen MR) is 140 cm³/mol. The molecular formula is C21H48O7Si4. The summed E-state index contributed by atoms with van der Waals surface area (Å²) < 4.78 is 36.7. The fourth-order valence-corrected chi connectivity index (χ4v) is 20.9. The predicted octanol–water partition coefficient (Wildman–Crippen LogP) is 5.20. The molecule has 2 unspecified atom stereocenters. The van der Waals surface area contributed by atoms with Gasteiger partial charge >= 0.3 is 23.1 Å². The lowest BCUT2D eigenvalue weighted by molar-refractivity contribution is -0.143. The van der Waals surface area contributed by atoms with Crippen molar-refractivity contribution in [3.05, 3.63) is 12.7 Å². The third-order valence-corrected chi connectivity index (χ3v) is 17.6. The van der Waals surface area contributed by atoms with Crippen LogP contribution in [-0.4, -0.2) is 72.9 Å². The van der Waals surface area contributed by atoms with E-state index in [9.17, 15) is 4.79 Å². The van der Waals surface area contributed by atoms with Crippen LogP contribution in [0.1, 0.15) is 19.8 Å². The molecule has 0 N–H and O–H groups in total. The highest BCUT2D eigenvalue weighted by Gasteiger charge is 2.45. The molecule has 0 amide bonds. The fourth-order valence-electron chi connectivity index (χ4n) is 3.63. The molecule has 0 spiro atoms. The Bertz CT molecular complexity index is 590. The SMILES string of the molecule is C=CC(=O)OCC(CC)(CCOC)COC[Si](C)(O[Si](C)(C)C)O[Si](C)(C)O[Si](C)(C)C. The average Bonchev–Trinajstić information content (AvgIpc) is 2.58. The summed E-state index contributed by atoms with van der Waals surface area (Å²) in [6, 6.07) is 0. The second kappa shape index (κ2) is 13.1. The molecule has 0 saturated heterocycles. The van der Waals surface area contributed by atoms with Crippen LogP contribution in [0.4, 0.5) is 0 Å². The molecule has 0 saturated carbocycles. The number of ether oxygens (including phenoxy) is 3. The van der Waals surface area contributed by atoms with Crippen molar-refractivity contribution in [1.29, 1.82) is 0 Å². The quantitative estimate of drug-likeness (QED) is 0.147. The lowest BCUT2D eigenvalue weighted by atomic mass is 9.83. The van der Waals surface area contributed by atoms with Gasteiger partial charge in [0.2, 0.25) is 0 Å². The summed E-state index contributed by atoms with van der Waals surface area (Å²) in [5.41, 5.74) is -0.342. The molecule has 0 aliphatic rings. The minimum Gasteiger partial charge on any atom is -0.462 e. The number of methoxy groups -OCH3 is 1. The Hall–Kier alpha value is -0.122. The van der Waals surface area contributed by atoms with E-state index in [2.05, 4.69) is 72.4 Å². The van der Waals surface area contributed by atoms with Gasteiger partial charge in [0.15, 0.2) is 16.6 Å². The molecule has 0 aromatic rings. The van der Waals surface area contributed by atoms with E-state index in [4.69, 9.17) is 26.6 Å². The smallest absolute Gasteiger partial charge is 0.342 e. The van der Waals surface area contributed by atoms with Crippen LogP contribution >= 0.6 is 0 Å². The van der Waals surface area contributed by atoms with E-state index in [0.29, 0.717) is 19.4 Å². The van der Waals surface area contributed by atoms with Crippen LogP contribution in [0.3, 0.4) is 0 Å². The molecule has 0 heterocycles. The van der Waals surface area contributed by atoms with Gasteiger partial charge < -0.3 is 26.6 Å². The van der Waals surface area contributed by atoms with Crippen molar-refractivity contribution in [1.82, 2.24) is 0 Å². The van der Waals surface area contributed by atoms with Gasteiger partial charge in [-0.15, -0.1) is 0 Å². The Morgan fingerprint density at radius 2 is 1.47 bits per heavy atom. The summed E-state index contributed by atoms with van der Waals surface area (Å²) >= 11 is 0. The van der Waals surface area contributed by atoms with Crippen LogP contribution in [-0.2, 0) is 31.4 Å². The van der Waals surface area contributed by atoms with Crippen molar-refractivity contribution >= 4 is 39.7 Å². The van der Waals surface area contributed by atoms with Gasteiger partial charge in [-0.1, -0.05) is 13.5 Å². The lowest BCUT2D eigenvalue weighted by Crippen LogP contribution is -2.59. The number of hydrogen-bond acceptors (Lipinski definition) is 7. The van der Waals surface area contributed by atoms with Crippen LogP contribution in [0.5, 0.6) is 0 Å². The zero-order valence-electron chi connectivity index (χ0n) is 22.4. The molecule has 0 aromatic carbocycles. The molecular weight excluding hydrogens is 477 g/mol. The van der Waals surface area contributed by atoms with Crippen LogP contribution < -0.4 is 0 Å². The summed E-state index contributed by atoms with van der Waals surface area (Å²) in [7, 11) is -7.03. The zero-order chi connectivity index (χ0) is 25.3. The molecule has 0 radical (unpaired) electrons. The van der Waals surface area contributed by atoms with E-state index in [-0.39, 0.29) is 12.0 Å². The molecule has 32 heavy (non-hydrogen) atoms. The van der Waals surface area contributed by atoms with E-state index < -0.39 is 39.7 Å². The highest BCUT2D eigenvalue weighted by molar-refractivity contribution is 6.89. The minimum absolute atomic E-state index is 0.255. The largest absolute Gasteiger partial charge is 0.462 e. The number of hydrogen-bond donors (Lipinski definition) is 0. The summed E-state index contributed by atoms with van der Waals surface area (Å²) in [5.74, 6) is -0.430.